The quantitative estimate of drug-likeness (QED) is 0.561. The molecule has 0 spiro atoms. The Morgan fingerprint density at radius 2 is 1.87 bits per heavy atom. The van der Waals surface area contributed by atoms with Gasteiger partial charge < -0.3 is 20.9 Å². The minimum absolute atomic E-state index is 0.0301. The number of hydrogen-bond acceptors (Lipinski definition) is 7. The van der Waals surface area contributed by atoms with Crippen molar-refractivity contribution in [1.29, 1.82) is 0 Å². The lowest BCUT2D eigenvalue weighted by molar-refractivity contribution is -0.138. The first kappa shape index (κ1) is 21.7. The smallest absolute Gasteiger partial charge is 0.384 e. The van der Waals surface area contributed by atoms with Crippen molar-refractivity contribution in [1.82, 2.24) is 20.4 Å². The minimum atomic E-state index is -4.55. The number of halogens is 3. The van der Waals surface area contributed by atoms with Gasteiger partial charge in [0.15, 0.2) is 0 Å². The summed E-state index contributed by atoms with van der Waals surface area (Å²) in [6, 6.07) is 5.33. The first-order valence-electron chi connectivity index (χ1n) is 8.89. The molecular weight excluding hydrogens is 417 g/mol. The molecule has 2 aromatic heterocycles. The van der Waals surface area contributed by atoms with Crippen LogP contribution in [0.4, 0.5) is 24.7 Å². The van der Waals surface area contributed by atoms with Crippen molar-refractivity contribution in [3.05, 3.63) is 64.9 Å². The van der Waals surface area contributed by atoms with E-state index >= 15 is 0 Å². The van der Waals surface area contributed by atoms with Gasteiger partial charge in [-0.25, -0.2) is 9.97 Å². The lowest BCUT2D eigenvalue weighted by Crippen LogP contribution is -2.27. The van der Waals surface area contributed by atoms with E-state index in [1.165, 1.54) is 31.2 Å². The van der Waals surface area contributed by atoms with Crippen molar-refractivity contribution in [3.8, 4) is 0 Å². The number of hydrogen-bond donors (Lipinski definition) is 3. The highest BCUT2D eigenvalue weighted by molar-refractivity contribution is 6.02. The largest absolute Gasteiger partial charge is 0.416 e. The standard InChI is InChI=1S/C19H17F3N6O3/c1-9-3-4-11(5-12(9)19(20,21)22)27-18(30)15-6-13(28-31-15)10(2)26-17(29)14-7-16(23)25-8-24-14/h3-8,10H,1-2H3,(H,26,29)(H,27,30)(H2,23,24,25)/t10-/m1/s1. The first-order valence-corrected chi connectivity index (χ1v) is 8.89. The van der Waals surface area contributed by atoms with Gasteiger partial charge in [0.05, 0.1) is 11.6 Å². The third-order valence-corrected chi connectivity index (χ3v) is 4.27. The second kappa shape index (κ2) is 8.42. The number of nitrogens with two attached hydrogens (primary N) is 1. The van der Waals surface area contributed by atoms with Crippen molar-refractivity contribution in [2.24, 2.45) is 0 Å². The Balaban J connectivity index is 1.69. The van der Waals surface area contributed by atoms with Gasteiger partial charge >= 0.3 is 6.18 Å². The van der Waals surface area contributed by atoms with Crippen molar-refractivity contribution >= 4 is 23.3 Å². The van der Waals surface area contributed by atoms with Gasteiger partial charge in [0, 0.05) is 17.8 Å². The van der Waals surface area contributed by atoms with Gasteiger partial charge in [0.2, 0.25) is 5.76 Å². The second-order valence-electron chi connectivity index (χ2n) is 6.62. The average molecular weight is 434 g/mol. The number of aryl methyl sites for hydroxylation is 1. The van der Waals surface area contributed by atoms with Gasteiger partial charge in [0.1, 0.15) is 23.5 Å². The van der Waals surface area contributed by atoms with E-state index in [9.17, 15) is 22.8 Å². The Morgan fingerprint density at radius 3 is 2.55 bits per heavy atom. The van der Waals surface area contributed by atoms with Crippen molar-refractivity contribution in [2.75, 3.05) is 11.1 Å². The summed E-state index contributed by atoms with van der Waals surface area (Å²) in [5, 5.41) is 8.67. The van der Waals surface area contributed by atoms with Crippen LogP contribution in [0.5, 0.6) is 0 Å². The van der Waals surface area contributed by atoms with E-state index in [4.69, 9.17) is 10.3 Å². The molecule has 0 saturated carbocycles. The third kappa shape index (κ3) is 5.15. The van der Waals surface area contributed by atoms with Crippen molar-refractivity contribution in [2.45, 2.75) is 26.1 Å². The molecule has 4 N–H and O–H groups in total. The molecule has 0 saturated heterocycles. The van der Waals surface area contributed by atoms with Crippen LogP contribution in [0.2, 0.25) is 0 Å². The molecule has 1 aromatic carbocycles. The molecule has 0 bridgehead atoms. The molecule has 162 valence electrons. The number of nitrogen functional groups attached to an aromatic ring is 1. The fourth-order valence-electron chi connectivity index (χ4n) is 2.64. The molecule has 31 heavy (non-hydrogen) atoms. The van der Waals surface area contributed by atoms with Crippen LogP contribution in [0.25, 0.3) is 0 Å². The summed E-state index contributed by atoms with van der Waals surface area (Å²) in [6.45, 7) is 2.92. The molecule has 0 fully saturated rings. The van der Waals surface area contributed by atoms with Crippen LogP contribution in [0, 0.1) is 6.92 Å². The zero-order chi connectivity index (χ0) is 22.8. The summed E-state index contributed by atoms with van der Waals surface area (Å²) in [7, 11) is 0. The molecule has 12 heteroatoms. The van der Waals surface area contributed by atoms with E-state index in [0.717, 1.165) is 12.4 Å². The molecule has 0 aliphatic heterocycles. The minimum Gasteiger partial charge on any atom is -0.384 e. The molecule has 0 unspecified atom stereocenters. The molecule has 3 rings (SSSR count). The molecular formula is C19H17F3N6O3. The Hall–Kier alpha value is -3.96. The van der Waals surface area contributed by atoms with E-state index in [2.05, 4.69) is 25.8 Å². The van der Waals surface area contributed by atoms with Crippen LogP contribution in [-0.2, 0) is 6.18 Å². The zero-order valence-electron chi connectivity index (χ0n) is 16.3. The molecule has 0 radical (unpaired) electrons. The predicted octanol–water partition coefficient (Wildman–Crippen LogP) is 3.12. The number of carbonyl (C=O) groups excluding carboxylic acids is 2. The fourth-order valence-corrected chi connectivity index (χ4v) is 2.64. The maximum atomic E-state index is 13.0. The van der Waals surface area contributed by atoms with Crippen LogP contribution in [0.3, 0.4) is 0 Å². The van der Waals surface area contributed by atoms with E-state index in [1.54, 1.807) is 6.92 Å². The fraction of sp³-hybridized carbons (Fsp3) is 0.211. The number of carbonyl (C=O) groups is 2. The van der Waals surface area contributed by atoms with Gasteiger partial charge in [-0.3, -0.25) is 9.59 Å². The topological polar surface area (TPSA) is 136 Å². The molecule has 0 aliphatic carbocycles. The number of rotatable bonds is 5. The maximum Gasteiger partial charge on any atom is 0.416 e. The predicted molar refractivity (Wildman–Crippen MR) is 103 cm³/mol. The molecule has 0 aliphatic rings. The van der Waals surface area contributed by atoms with Crippen LogP contribution in [0.1, 0.15) is 50.8 Å². The van der Waals surface area contributed by atoms with Crippen LogP contribution < -0.4 is 16.4 Å². The molecule has 3 aromatic rings. The molecule has 9 nitrogen and oxygen atoms in total. The van der Waals surface area contributed by atoms with E-state index < -0.39 is 29.6 Å². The molecule has 2 heterocycles. The van der Waals surface area contributed by atoms with Crippen LogP contribution >= 0.6 is 0 Å². The highest BCUT2D eigenvalue weighted by Crippen LogP contribution is 2.33. The SMILES string of the molecule is Cc1ccc(NC(=O)c2cc([C@@H](C)NC(=O)c3cc(N)ncn3)no2)cc1C(F)(F)F. The average Bonchev–Trinajstić information content (AvgIpc) is 3.19. The van der Waals surface area contributed by atoms with Gasteiger partial charge in [0.25, 0.3) is 11.8 Å². The summed E-state index contributed by atoms with van der Waals surface area (Å²) in [4.78, 5) is 32.0. The maximum absolute atomic E-state index is 13.0. The summed E-state index contributed by atoms with van der Waals surface area (Å²) in [5.74, 6) is -1.46. The van der Waals surface area contributed by atoms with E-state index in [-0.39, 0.29) is 34.2 Å². The molecule has 2 amide bonds. The number of nitrogens with zero attached hydrogens (tertiary/aromatic N) is 3. The number of amides is 2. The van der Waals surface area contributed by atoms with Crippen molar-refractivity contribution < 1.29 is 27.3 Å². The Morgan fingerprint density at radius 1 is 1.13 bits per heavy atom. The Labute approximate surface area is 173 Å². The highest BCUT2D eigenvalue weighted by atomic mass is 19.4. The lowest BCUT2D eigenvalue weighted by atomic mass is 10.1. The summed E-state index contributed by atoms with van der Waals surface area (Å²) < 4.78 is 44.1. The van der Waals surface area contributed by atoms with Crippen LogP contribution in [0.15, 0.2) is 41.2 Å². The summed E-state index contributed by atoms with van der Waals surface area (Å²) in [6.07, 6.45) is -3.41. The Kier molecular flexibility index (Phi) is 5.90. The van der Waals surface area contributed by atoms with Crippen LogP contribution in [-0.4, -0.2) is 26.9 Å². The monoisotopic (exact) mass is 434 g/mol. The van der Waals surface area contributed by atoms with E-state index in [1.807, 2.05) is 0 Å². The number of alkyl halides is 3. The van der Waals surface area contributed by atoms with E-state index in [0.29, 0.717) is 0 Å². The first-order chi connectivity index (χ1) is 14.5. The third-order valence-electron chi connectivity index (χ3n) is 4.27. The number of anilines is 2. The van der Waals surface area contributed by atoms with Gasteiger partial charge in [-0.1, -0.05) is 11.2 Å². The number of benzene rings is 1. The summed E-state index contributed by atoms with van der Waals surface area (Å²) >= 11 is 0. The highest BCUT2D eigenvalue weighted by Gasteiger charge is 2.32. The normalized spacial score (nSPS) is 12.3. The van der Waals surface area contributed by atoms with Gasteiger partial charge in [-0.15, -0.1) is 0 Å². The summed E-state index contributed by atoms with van der Waals surface area (Å²) in [5.41, 5.74) is 4.90. The van der Waals surface area contributed by atoms with Crippen molar-refractivity contribution in [3.63, 3.8) is 0 Å². The number of nitrogens with one attached hydrogen (secondary N) is 2. The van der Waals surface area contributed by atoms with Gasteiger partial charge in [-0.05, 0) is 31.5 Å². The second-order valence-corrected chi connectivity index (χ2v) is 6.62. The lowest BCUT2D eigenvalue weighted by Gasteiger charge is -2.12. The zero-order valence-corrected chi connectivity index (χ0v) is 16.3. The Bertz CT molecular complexity index is 1130. The van der Waals surface area contributed by atoms with Gasteiger partial charge in [-0.2, -0.15) is 13.2 Å². The molecule has 1 atom stereocenters. The number of aromatic nitrogens is 3.